The average Bonchev–Trinajstić information content (AvgIpc) is 2.65. The molecular formula is C21H36N4O2. The lowest BCUT2D eigenvalue weighted by Gasteiger charge is -2.34. The summed E-state index contributed by atoms with van der Waals surface area (Å²) < 4.78 is 10.6. The molecule has 0 radical (unpaired) electrons. The van der Waals surface area contributed by atoms with Crippen LogP contribution in [0, 0.1) is 11.8 Å². The molecule has 1 aliphatic heterocycles. The van der Waals surface area contributed by atoms with Gasteiger partial charge in [0.1, 0.15) is 0 Å². The summed E-state index contributed by atoms with van der Waals surface area (Å²) in [6.45, 7) is 9.34. The van der Waals surface area contributed by atoms with Crippen molar-refractivity contribution in [1.29, 1.82) is 0 Å². The Morgan fingerprint density at radius 1 is 1.11 bits per heavy atom. The molecule has 0 amide bonds. The summed E-state index contributed by atoms with van der Waals surface area (Å²) >= 11 is 0. The Labute approximate surface area is 164 Å². The molecular weight excluding hydrogens is 340 g/mol. The second-order valence-electron chi connectivity index (χ2n) is 7.61. The van der Waals surface area contributed by atoms with Crippen LogP contribution < -0.4 is 20.1 Å². The van der Waals surface area contributed by atoms with Crippen molar-refractivity contribution < 1.29 is 9.47 Å². The molecule has 152 valence electrons. The third-order valence-electron chi connectivity index (χ3n) is 5.01. The molecule has 0 spiro atoms. The van der Waals surface area contributed by atoms with Gasteiger partial charge >= 0.3 is 0 Å². The van der Waals surface area contributed by atoms with Crippen molar-refractivity contribution in [2.24, 2.45) is 16.8 Å². The monoisotopic (exact) mass is 376 g/mol. The zero-order valence-electron chi connectivity index (χ0n) is 17.5. The van der Waals surface area contributed by atoms with Crippen molar-refractivity contribution in [3.8, 4) is 11.5 Å². The average molecular weight is 377 g/mol. The van der Waals surface area contributed by atoms with Crippen LogP contribution in [0.3, 0.4) is 0 Å². The fourth-order valence-electron chi connectivity index (χ4n) is 3.87. The molecule has 1 aromatic carbocycles. The van der Waals surface area contributed by atoms with Gasteiger partial charge in [-0.2, -0.15) is 0 Å². The first-order chi connectivity index (χ1) is 13.0. The van der Waals surface area contributed by atoms with Gasteiger partial charge < -0.3 is 25.0 Å². The first-order valence-corrected chi connectivity index (χ1v) is 9.97. The molecule has 27 heavy (non-hydrogen) atoms. The summed E-state index contributed by atoms with van der Waals surface area (Å²) in [7, 11) is 5.06. The third kappa shape index (κ3) is 6.94. The molecule has 6 heteroatoms. The number of aliphatic imine (C=N–C) groups is 1. The van der Waals surface area contributed by atoms with E-state index in [0.29, 0.717) is 11.5 Å². The molecule has 1 aromatic rings. The fourth-order valence-corrected chi connectivity index (χ4v) is 3.87. The number of ether oxygens (including phenoxy) is 2. The lowest BCUT2D eigenvalue weighted by atomic mass is 9.92. The fraction of sp³-hybridized carbons (Fsp3) is 0.667. The van der Waals surface area contributed by atoms with Crippen molar-refractivity contribution in [2.45, 2.75) is 33.1 Å². The standard InChI is InChI=1S/C21H36N4O2/c1-16-12-17(2)15-25(14-16)11-7-6-10-23-21(22-3)24-18-8-9-19(26-4)20(13-18)27-5/h8-9,13,16-17H,6-7,10-12,14-15H2,1-5H3,(H2,22,23,24). The highest BCUT2D eigenvalue weighted by Crippen LogP contribution is 2.29. The highest BCUT2D eigenvalue weighted by molar-refractivity contribution is 5.93. The Balaban J connectivity index is 1.71. The molecule has 1 fully saturated rings. The molecule has 6 nitrogen and oxygen atoms in total. The number of unbranched alkanes of at least 4 members (excludes halogenated alkanes) is 1. The van der Waals surface area contributed by atoms with E-state index in [4.69, 9.17) is 9.47 Å². The van der Waals surface area contributed by atoms with E-state index in [-0.39, 0.29) is 0 Å². The summed E-state index contributed by atoms with van der Waals surface area (Å²) in [5.74, 6) is 3.84. The van der Waals surface area contributed by atoms with E-state index in [1.807, 2.05) is 18.2 Å². The van der Waals surface area contributed by atoms with Crippen LogP contribution in [0.15, 0.2) is 23.2 Å². The molecule has 2 unspecified atom stereocenters. The number of rotatable bonds is 8. The lowest BCUT2D eigenvalue weighted by Crippen LogP contribution is -2.39. The molecule has 2 rings (SSSR count). The number of hydrogen-bond acceptors (Lipinski definition) is 4. The first kappa shape index (κ1) is 21.4. The van der Waals surface area contributed by atoms with Crippen LogP contribution >= 0.6 is 0 Å². The summed E-state index contributed by atoms with van der Waals surface area (Å²) in [6.07, 6.45) is 3.71. The highest BCUT2D eigenvalue weighted by atomic mass is 16.5. The van der Waals surface area contributed by atoms with Crippen LogP contribution in [-0.4, -0.2) is 58.3 Å². The van der Waals surface area contributed by atoms with Crippen molar-refractivity contribution in [3.63, 3.8) is 0 Å². The Hall–Kier alpha value is -1.95. The van der Waals surface area contributed by atoms with Gasteiger partial charge in [0.25, 0.3) is 0 Å². The minimum absolute atomic E-state index is 0.697. The smallest absolute Gasteiger partial charge is 0.195 e. The van der Waals surface area contributed by atoms with Gasteiger partial charge in [0, 0.05) is 38.4 Å². The van der Waals surface area contributed by atoms with E-state index >= 15 is 0 Å². The minimum Gasteiger partial charge on any atom is -0.493 e. The predicted molar refractivity (Wildman–Crippen MR) is 113 cm³/mol. The number of anilines is 1. The van der Waals surface area contributed by atoms with Gasteiger partial charge in [-0.05, 0) is 49.8 Å². The Morgan fingerprint density at radius 3 is 2.44 bits per heavy atom. The Bertz CT molecular complexity index is 596. The first-order valence-electron chi connectivity index (χ1n) is 9.97. The molecule has 0 saturated carbocycles. The van der Waals surface area contributed by atoms with Crippen LogP contribution in [0.1, 0.15) is 33.1 Å². The van der Waals surface area contributed by atoms with E-state index in [9.17, 15) is 0 Å². The highest BCUT2D eigenvalue weighted by Gasteiger charge is 2.20. The normalized spacial score (nSPS) is 21.0. The van der Waals surface area contributed by atoms with Gasteiger partial charge in [0.2, 0.25) is 0 Å². The van der Waals surface area contributed by atoms with Crippen molar-refractivity contribution >= 4 is 11.6 Å². The zero-order valence-corrected chi connectivity index (χ0v) is 17.5. The number of methoxy groups -OCH3 is 2. The largest absolute Gasteiger partial charge is 0.493 e. The minimum atomic E-state index is 0.697. The van der Waals surface area contributed by atoms with Crippen LogP contribution in [-0.2, 0) is 0 Å². The maximum atomic E-state index is 5.35. The van der Waals surface area contributed by atoms with E-state index in [2.05, 4.69) is 34.4 Å². The van der Waals surface area contributed by atoms with Crippen LogP contribution in [0.4, 0.5) is 5.69 Å². The quantitative estimate of drug-likeness (QED) is 0.413. The number of nitrogens with zero attached hydrogens (tertiary/aromatic N) is 2. The molecule has 2 atom stereocenters. The summed E-state index contributed by atoms with van der Waals surface area (Å²) in [5.41, 5.74) is 0.914. The van der Waals surface area contributed by atoms with E-state index in [1.54, 1.807) is 21.3 Å². The van der Waals surface area contributed by atoms with Crippen LogP contribution in [0.5, 0.6) is 11.5 Å². The molecule has 1 heterocycles. The molecule has 1 aliphatic rings. The van der Waals surface area contributed by atoms with Gasteiger partial charge in [-0.1, -0.05) is 13.8 Å². The number of nitrogens with one attached hydrogen (secondary N) is 2. The van der Waals surface area contributed by atoms with Gasteiger partial charge in [0.05, 0.1) is 14.2 Å². The van der Waals surface area contributed by atoms with Crippen LogP contribution in [0.2, 0.25) is 0 Å². The molecule has 2 N–H and O–H groups in total. The molecule has 0 bridgehead atoms. The second kappa shape index (κ2) is 11.0. The summed E-state index contributed by atoms with van der Waals surface area (Å²) in [4.78, 5) is 6.92. The van der Waals surface area contributed by atoms with Crippen molar-refractivity contribution in [1.82, 2.24) is 10.2 Å². The Kier molecular flexibility index (Phi) is 8.72. The van der Waals surface area contributed by atoms with Gasteiger partial charge in [0.15, 0.2) is 17.5 Å². The topological polar surface area (TPSA) is 58.1 Å². The third-order valence-corrected chi connectivity index (χ3v) is 5.01. The van der Waals surface area contributed by atoms with Gasteiger partial charge in [-0.25, -0.2) is 0 Å². The van der Waals surface area contributed by atoms with E-state index in [1.165, 1.54) is 32.5 Å². The number of guanidine groups is 1. The van der Waals surface area contributed by atoms with E-state index < -0.39 is 0 Å². The molecule has 1 saturated heterocycles. The maximum absolute atomic E-state index is 5.35. The summed E-state index contributed by atoms with van der Waals surface area (Å²) in [5, 5.41) is 6.69. The SMILES string of the molecule is CN=C(NCCCCN1CC(C)CC(C)C1)Nc1ccc(OC)c(OC)c1. The van der Waals surface area contributed by atoms with Crippen molar-refractivity contribution in [3.05, 3.63) is 18.2 Å². The van der Waals surface area contributed by atoms with Crippen molar-refractivity contribution in [2.75, 3.05) is 52.8 Å². The van der Waals surface area contributed by atoms with Crippen LogP contribution in [0.25, 0.3) is 0 Å². The predicted octanol–water partition coefficient (Wildman–Crippen LogP) is 3.45. The molecule has 0 aromatic heterocycles. The number of benzene rings is 1. The van der Waals surface area contributed by atoms with Gasteiger partial charge in [-0.3, -0.25) is 4.99 Å². The zero-order chi connectivity index (χ0) is 19.6. The number of piperidine rings is 1. The summed E-state index contributed by atoms with van der Waals surface area (Å²) in [6, 6.07) is 5.74. The maximum Gasteiger partial charge on any atom is 0.195 e. The Morgan fingerprint density at radius 2 is 1.81 bits per heavy atom. The number of likely N-dealkylation sites (tertiary alicyclic amines) is 1. The number of hydrogen-bond donors (Lipinski definition) is 2. The van der Waals surface area contributed by atoms with Gasteiger partial charge in [-0.15, -0.1) is 0 Å². The molecule has 0 aliphatic carbocycles. The van der Waals surface area contributed by atoms with E-state index in [0.717, 1.165) is 36.4 Å². The lowest BCUT2D eigenvalue weighted by molar-refractivity contribution is 0.139. The second-order valence-corrected chi connectivity index (χ2v) is 7.61.